The molecule has 0 spiro atoms. The monoisotopic (exact) mass is 324 g/mol. The number of nitro groups is 1. The van der Waals surface area contributed by atoms with Crippen molar-refractivity contribution in [2.45, 2.75) is 6.92 Å². The number of methoxy groups -OCH3 is 1. The Balaban J connectivity index is 2.63. The van der Waals surface area contributed by atoms with E-state index in [4.69, 9.17) is 4.74 Å². The van der Waals surface area contributed by atoms with Crippen molar-refractivity contribution in [1.29, 1.82) is 0 Å². The molecule has 122 valence electrons. The van der Waals surface area contributed by atoms with Crippen LogP contribution < -0.4 is 10.3 Å². The fourth-order valence-electron chi connectivity index (χ4n) is 3.01. The largest absolute Gasteiger partial charge is 0.494 e. The van der Waals surface area contributed by atoms with Gasteiger partial charge in [0.2, 0.25) is 0 Å². The summed E-state index contributed by atoms with van der Waals surface area (Å²) in [5.74, 6) is 0.305. The zero-order valence-electron chi connectivity index (χ0n) is 13.6. The number of nitro benzene ring substituents is 1. The van der Waals surface area contributed by atoms with Crippen molar-refractivity contribution in [1.82, 2.24) is 4.57 Å². The molecule has 1 aromatic heterocycles. The van der Waals surface area contributed by atoms with Crippen LogP contribution in [0.3, 0.4) is 0 Å². The van der Waals surface area contributed by atoms with Gasteiger partial charge in [-0.3, -0.25) is 14.9 Å². The van der Waals surface area contributed by atoms with Gasteiger partial charge in [-0.05, 0) is 18.1 Å². The van der Waals surface area contributed by atoms with Crippen LogP contribution in [0.4, 0.5) is 5.69 Å². The van der Waals surface area contributed by atoms with Crippen LogP contribution >= 0.6 is 0 Å². The first-order valence-corrected chi connectivity index (χ1v) is 7.37. The Morgan fingerprint density at radius 2 is 1.83 bits per heavy atom. The van der Waals surface area contributed by atoms with E-state index in [-0.39, 0.29) is 11.2 Å². The number of benzene rings is 2. The molecule has 0 radical (unpaired) electrons. The summed E-state index contributed by atoms with van der Waals surface area (Å²) < 4.78 is 6.79. The first kappa shape index (κ1) is 15.7. The minimum Gasteiger partial charge on any atom is -0.494 e. The Morgan fingerprint density at radius 3 is 2.42 bits per heavy atom. The lowest BCUT2D eigenvalue weighted by atomic mass is 9.95. The second-order valence-corrected chi connectivity index (χ2v) is 5.54. The highest BCUT2D eigenvalue weighted by molar-refractivity contribution is 6.04. The van der Waals surface area contributed by atoms with Crippen molar-refractivity contribution in [3.8, 4) is 16.9 Å². The molecule has 0 atom stereocenters. The Morgan fingerprint density at radius 1 is 1.17 bits per heavy atom. The van der Waals surface area contributed by atoms with Crippen LogP contribution in [-0.2, 0) is 7.05 Å². The minimum absolute atomic E-state index is 0.0488. The summed E-state index contributed by atoms with van der Waals surface area (Å²) in [6, 6.07) is 12.0. The van der Waals surface area contributed by atoms with E-state index < -0.39 is 4.92 Å². The number of rotatable bonds is 3. The van der Waals surface area contributed by atoms with Gasteiger partial charge in [0.1, 0.15) is 5.75 Å². The van der Waals surface area contributed by atoms with Gasteiger partial charge in [0.05, 0.1) is 29.2 Å². The zero-order valence-corrected chi connectivity index (χ0v) is 13.6. The lowest BCUT2D eigenvalue weighted by molar-refractivity contribution is -0.384. The number of nitrogens with zero attached hydrogens (tertiary/aromatic N) is 2. The molecule has 0 aliphatic carbocycles. The molecule has 0 N–H and O–H groups in total. The summed E-state index contributed by atoms with van der Waals surface area (Å²) in [4.78, 5) is 23.4. The standard InChI is InChI=1S/C18H16N2O4/c1-11-9-15(21)19(2)18-14(24-3)10-13(20(22)23)17(16(11)18)12-7-5-4-6-8-12/h4-10H,1-3H3. The quantitative estimate of drug-likeness (QED) is 0.546. The fraction of sp³-hybridized carbons (Fsp3) is 0.167. The van der Waals surface area contributed by atoms with E-state index >= 15 is 0 Å². The van der Waals surface area contributed by atoms with Crippen LogP contribution in [0.15, 0.2) is 47.3 Å². The summed E-state index contributed by atoms with van der Waals surface area (Å²) in [6.07, 6.45) is 0. The SMILES string of the molecule is COc1cc([N+](=O)[O-])c(-c2ccccc2)c2c(C)cc(=O)n(C)c12. The first-order chi connectivity index (χ1) is 11.5. The van der Waals surface area contributed by atoms with Crippen LogP contribution in [0.1, 0.15) is 5.56 Å². The van der Waals surface area contributed by atoms with E-state index in [2.05, 4.69) is 0 Å². The Labute approximate surface area is 138 Å². The van der Waals surface area contributed by atoms with Gasteiger partial charge in [-0.1, -0.05) is 30.3 Å². The maximum Gasteiger partial charge on any atom is 0.281 e. The lowest BCUT2D eigenvalue weighted by Crippen LogP contribution is -2.17. The van der Waals surface area contributed by atoms with E-state index in [0.29, 0.717) is 27.8 Å². The van der Waals surface area contributed by atoms with Crippen molar-refractivity contribution in [2.24, 2.45) is 7.05 Å². The molecule has 0 unspecified atom stereocenters. The number of pyridine rings is 1. The highest BCUT2D eigenvalue weighted by atomic mass is 16.6. The van der Waals surface area contributed by atoms with E-state index in [9.17, 15) is 14.9 Å². The van der Waals surface area contributed by atoms with E-state index in [1.165, 1.54) is 23.8 Å². The molecule has 1 heterocycles. The molecule has 0 aliphatic heterocycles. The second-order valence-electron chi connectivity index (χ2n) is 5.54. The third-order valence-electron chi connectivity index (χ3n) is 4.12. The highest BCUT2D eigenvalue weighted by Gasteiger charge is 2.25. The molecule has 24 heavy (non-hydrogen) atoms. The van der Waals surface area contributed by atoms with Crippen molar-refractivity contribution in [3.63, 3.8) is 0 Å². The van der Waals surface area contributed by atoms with Gasteiger partial charge < -0.3 is 9.30 Å². The molecule has 0 fully saturated rings. The number of aryl methyl sites for hydroxylation is 2. The molecule has 3 rings (SSSR count). The molecule has 2 aromatic carbocycles. The normalized spacial score (nSPS) is 10.8. The third-order valence-corrected chi connectivity index (χ3v) is 4.12. The predicted molar refractivity (Wildman–Crippen MR) is 92.6 cm³/mol. The number of hydrogen-bond donors (Lipinski definition) is 0. The molecular weight excluding hydrogens is 308 g/mol. The lowest BCUT2D eigenvalue weighted by Gasteiger charge is -2.16. The fourth-order valence-corrected chi connectivity index (χ4v) is 3.01. The van der Waals surface area contributed by atoms with Crippen LogP contribution in [-0.4, -0.2) is 16.6 Å². The number of aromatic nitrogens is 1. The Hall–Kier alpha value is -3.15. The van der Waals surface area contributed by atoms with Gasteiger partial charge in [-0.15, -0.1) is 0 Å². The zero-order chi connectivity index (χ0) is 17.4. The van der Waals surface area contributed by atoms with Crippen molar-refractivity contribution in [2.75, 3.05) is 7.11 Å². The van der Waals surface area contributed by atoms with Crippen LogP contribution in [0.25, 0.3) is 22.0 Å². The van der Waals surface area contributed by atoms with Gasteiger partial charge in [0, 0.05) is 18.5 Å². The summed E-state index contributed by atoms with van der Waals surface area (Å²) in [6.45, 7) is 1.78. The molecule has 3 aromatic rings. The smallest absolute Gasteiger partial charge is 0.281 e. The summed E-state index contributed by atoms with van der Waals surface area (Å²) >= 11 is 0. The minimum atomic E-state index is -0.422. The van der Waals surface area contributed by atoms with Crippen molar-refractivity contribution in [3.05, 3.63) is 68.5 Å². The third kappa shape index (κ3) is 2.32. The average molecular weight is 324 g/mol. The van der Waals surface area contributed by atoms with Gasteiger partial charge in [0.15, 0.2) is 0 Å². The topological polar surface area (TPSA) is 74.4 Å². The summed E-state index contributed by atoms with van der Waals surface area (Å²) in [5.41, 5.74) is 2.20. The Kier molecular flexibility index (Phi) is 3.81. The van der Waals surface area contributed by atoms with Crippen LogP contribution in [0, 0.1) is 17.0 Å². The highest BCUT2D eigenvalue weighted by Crippen LogP contribution is 2.42. The molecule has 6 nitrogen and oxygen atoms in total. The number of fused-ring (bicyclic) bond motifs is 1. The van der Waals surface area contributed by atoms with Gasteiger partial charge in [-0.2, -0.15) is 0 Å². The second kappa shape index (κ2) is 5.81. The van der Waals surface area contributed by atoms with Crippen LogP contribution in [0.2, 0.25) is 0 Å². The predicted octanol–water partition coefficient (Wildman–Crippen LogP) is 3.43. The maximum absolute atomic E-state index is 12.2. The van der Waals surface area contributed by atoms with Gasteiger partial charge in [0.25, 0.3) is 11.2 Å². The average Bonchev–Trinajstić information content (AvgIpc) is 2.58. The molecule has 0 saturated heterocycles. The van der Waals surface area contributed by atoms with Gasteiger partial charge in [-0.25, -0.2) is 0 Å². The number of hydrogen-bond acceptors (Lipinski definition) is 4. The molecular formula is C18H16N2O4. The summed E-state index contributed by atoms with van der Waals surface area (Å²) in [7, 11) is 3.07. The number of ether oxygens (including phenoxy) is 1. The molecule has 6 heteroatoms. The van der Waals surface area contributed by atoms with Gasteiger partial charge >= 0.3 is 0 Å². The van der Waals surface area contributed by atoms with Crippen molar-refractivity contribution < 1.29 is 9.66 Å². The van der Waals surface area contributed by atoms with Crippen LogP contribution in [0.5, 0.6) is 5.75 Å². The Bertz CT molecular complexity index is 1010. The van der Waals surface area contributed by atoms with E-state index in [1.54, 1.807) is 14.0 Å². The molecule has 0 aliphatic rings. The molecule has 0 amide bonds. The molecule has 0 bridgehead atoms. The van der Waals surface area contributed by atoms with Crippen molar-refractivity contribution >= 4 is 16.6 Å². The summed E-state index contributed by atoms with van der Waals surface area (Å²) in [5, 5.41) is 12.3. The van der Waals surface area contributed by atoms with E-state index in [0.717, 1.165) is 5.56 Å². The maximum atomic E-state index is 12.2. The van der Waals surface area contributed by atoms with E-state index in [1.807, 2.05) is 30.3 Å². The molecule has 0 saturated carbocycles. The first-order valence-electron chi connectivity index (χ1n) is 7.37.